The highest BCUT2D eigenvalue weighted by Crippen LogP contribution is 2.22. The number of piperidine rings is 1. The zero-order valence-corrected chi connectivity index (χ0v) is 14.2. The fourth-order valence-corrected chi connectivity index (χ4v) is 3.39. The molecule has 4 heteroatoms. The molecule has 1 fully saturated rings. The standard InChI is InChI=1S/C19H28N4/c1-2-3-11-23-19(20-16-21-23)14-17-9-12-22(13-10-17)15-18-7-5-4-6-8-18/h4-8,16-17H,2-3,9-15H2,1H3. The van der Waals surface area contributed by atoms with Crippen molar-refractivity contribution in [3.63, 3.8) is 0 Å². The number of benzene rings is 1. The summed E-state index contributed by atoms with van der Waals surface area (Å²) in [5, 5.41) is 4.39. The number of aryl methyl sites for hydroxylation is 1. The summed E-state index contributed by atoms with van der Waals surface area (Å²) in [5.74, 6) is 1.94. The smallest absolute Gasteiger partial charge is 0.138 e. The summed E-state index contributed by atoms with van der Waals surface area (Å²) in [4.78, 5) is 7.07. The van der Waals surface area contributed by atoms with E-state index in [0.29, 0.717) is 0 Å². The van der Waals surface area contributed by atoms with Crippen LogP contribution in [-0.2, 0) is 19.5 Å². The van der Waals surface area contributed by atoms with Crippen LogP contribution in [0, 0.1) is 5.92 Å². The van der Waals surface area contributed by atoms with Crippen molar-refractivity contribution in [3.05, 3.63) is 48.0 Å². The molecule has 1 aliphatic heterocycles. The zero-order chi connectivity index (χ0) is 15.9. The molecule has 1 aromatic heterocycles. The van der Waals surface area contributed by atoms with Gasteiger partial charge in [-0.1, -0.05) is 43.7 Å². The molecule has 0 N–H and O–H groups in total. The number of hydrogen-bond acceptors (Lipinski definition) is 3. The third kappa shape index (κ3) is 4.64. The maximum atomic E-state index is 4.49. The normalized spacial score (nSPS) is 16.7. The highest BCUT2D eigenvalue weighted by atomic mass is 15.3. The molecule has 0 aliphatic carbocycles. The molecule has 1 saturated heterocycles. The lowest BCUT2D eigenvalue weighted by atomic mass is 9.93. The van der Waals surface area contributed by atoms with Gasteiger partial charge in [-0.3, -0.25) is 9.58 Å². The van der Waals surface area contributed by atoms with E-state index < -0.39 is 0 Å². The first-order valence-electron chi connectivity index (χ1n) is 8.98. The van der Waals surface area contributed by atoms with Gasteiger partial charge in [0.15, 0.2) is 0 Å². The van der Waals surface area contributed by atoms with E-state index in [0.717, 1.165) is 25.4 Å². The number of likely N-dealkylation sites (tertiary alicyclic amines) is 1. The molecular formula is C19H28N4. The Bertz CT molecular complexity index is 570. The highest BCUT2D eigenvalue weighted by Gasteiger charge is 2.21. The Hall–Kier alpha value is -1.68. The van der Waals surface area contributed by atoms with E-state index >= 15 is 0 Å². The Balaban J connectivity index is 1.47. The van der Waals surface area contributed by atoms with Gasteiger partial charge in [0.25, 0.3) is 0 Å². The van der Waals surface area contributed by atoms with Crippen molar-refractivity contribution in [2.45, 2.75) is 52.1 Å². The molecule has 0 saturated carbocycles. The molecule has 1 aliphatic rings. The summed E-state index contributed by atoms with van der Waals surface area (Å²) in [6.07, 6.45) is 7.74. The van der Waals surface area contributed by atoms with Crippen LogP contribution in [0.4, 0.5) is 0 Å². The Labute approximate surface area is 139 Å². The van der Waals surface area contributed by atoms with E-state index in [1.807, 2.05) is 0 Å². The molecule has 0 atom stereocenters. The first kappa shape index (κ1) is 16.2. The summed E-state index contributed by atoms with van der Waals surface area (Å²) in [7, 11) is 0. The minimum atomic E-state index is 0.756. The fourth-order valence-electron chi connectivity index (χ4n) is 3.39. The van der Waals surface area contributed by atoms with E-state index in [1.165, 1.54) is 50.2 Å². The van der Waals surface area contributed by atoms with Gasteiger partial charge in [0.05, 0.1) is 0 Å². The van der Waals surface area contributed by atoms with Crippen molar-refractivity contribution in [2.75, 3.05) is 13.1 Å². The van der Waals surface area contributed by atoms with E-state index in [1.54, 1.807) is 6.33 Å². The monoisotopic (exact) mass is 312 g/mol. The molecular weight excluding hydrogens is 284 g/mol. The maximum Gasteiger partial charge on any atom is 0.138 e. The minimum absolute atomic E-state index is 0.756. The van der Waals surface area contributed by atoms with Crippen molar-refractivity contribution < 1.29 is 0 Å². The number of unbranched alkanes of at least 4 members (excludes halogenated alkanes) is 1. The first-order chi connectivity index (χ1) is 11.3. The fraction of sp³-hybridized carbons (Fsp3) is 0.579. The SMILES string of the molecule is CCCCn1ncnc1CC1CCN(Cc2ccccc2)CC1. The second kappa shape index (κ2) is 8.25. The van der Waals surface area contributed by atoms with Crippen LogP contribution in [0.3, 0.4) is 0 Å². The quantitative estimate of drug-likeness (QED) is 0.784. The van der Waals surface area contributed by atoms with E-state index in [4.69, 9.17) is 0 Å². The number of rotatable bonds is 7. The lowest BCUT2D eigenvalue weighted by Gasteiger charge is -2.31. The average Bonchev–Trinajstić information content (AvgIpc) is 3.03. The largest absolute Gasteiger partial charge is 0.299 e. The Morgan fingerprint density at radius 2 is 1.91 bits per heavy atom. The van der Waals surface area contributed by atoms with Gasteiger partial charge in [-0.2, -0.15) is 5.10 Å². The van der Waals surface area contributed by atoms with Gasteiger partial charge in [0, 0.05) is 19.5 Å². The molecule has 3 rings (SSSR count). The van der Waals surface area contributed by atoms with Crippen molar-refractivity contribution in [2.24, 2.45) is 5.92 Å². The minimum Gasteiger partial charge on any atom is -0.299 e. The third-order valence-electron chi connectivity index (χ3n) is 4.85. The van der Waals surface area contributed by atoms with Crippen molar-refractivity contribution in [3.8, 4) is 0 Å². The van der Waals surface area contributed by atoms with Crippen LogP contribution in [-0.4, -0.2) is 32.8 Å². The van der Waals surface area contributed by atoms with Gasteiger partial charge < -0.3 is 0 Å². The van der Waals surface area contributed by atoms with Gasteiger partial charge in [0.2, 0.25) is 0 Å². The van der Waals surface area contributed by atoms with Gasteiger partial charge in [0.1, 0.15) is 12.2 Å². The van der Waals surface area contributed by atoms with Crippen LogP contribution < -0.4 is 0 Å². The lowest BCUT2D eigenvalue weighted by Crippen LogP contribution is -2.34. The van der Waals surface area contributed by atoms with Crippen molar-refractivity contribution in [1.29, 1.82) is 0 Å². The highest BCUT2D eigenvalue weighted by molar-refractivity contribution is 5.14. The number of nitrogens with zero attached hydrogens (tertiary/aromatic N) is 4. The topological polar surface area (TPSA) is 34.0 Å². The molecule has 0 radical (unpaired) electrons. The van der Waals surface area contributed by atoms with E-state index in [-0.39, 0.29) is 0 Å². The Morgan fingerprint density at radius 3 is 2.65 bits per heavy atom. The van der Waals surface area contributed by atoms with Crippen molar-refractivity contribution >= 4 is 0 Å². The first-order valence-corrected chi connectivity index (χ1v) is 8.98. The van der Waals surface area contributed by atoms with Crippen LogP contribution in [0.25, 0.3) is 0 Å². The molecule has 2 aromatic rings. The van der Waals surface area contributed by atoms with Crippen LogP contribution in [0.1, 0.15) is 44.0 Å². The molecule has 0 unspecified atom stereocenters. The second-order valence-corrected chi connectivity index (χ2v) is 6.66. The molecule has 23 heavy (non-hydrogen) atoms. The number of hydrogen-bond donors (Lipinski definition) is 0. The van der Waals surface area contributed by atoms with Crippen LogP contribution in [0.15, 0.2) is 36.7 Å². The van der Waals surface area contributed by atoms with Gasteiger partial charge in [-0.25, -0.2) is 4.98 Å². The number of aromatic nitrogens is 3. The zero-order valence-electron chi connectivity index (χ0n) is 14.2. The average molecular weight is 312 g/mol. The third-order valence-corrected chi connectivity index (χ3v) is 4.85. The van der Waals surface area contributed by atoms with Crippen LogP contribution in [0.2, 0.25) is 0 Å². The van der Waals surface area contributed by atoms with Crippen LogP contribution >= 0.6 is 0 Å². The van der Waals surface area contributed by atoms with Gasteiger partial charge in [-0.05, 0) is 43.8 Å². The molecule has 124 valence electrons. The molecule has 1 aromatic carbocycles. The predicted octanol–water partition coefficient (Wildman–Crippen LogP) is 3.53. The Kier molecular flexibility index (Phi) is 5.81. The molecule has 4 nitrogen and oxygen atoms in total. The van der Waals surface area contributed by atoms with Crippen LogP contribution in [0.5, 0.6) is 0 Å². The second-order valence-electron chi connectivity index (χ2n) is 6.66. The van der Waals surface area contributed by atoms with E-state index in [9.17, 15) is 0 Å². The molecule has 2 heterocycles. The maximum absolute atomic E-state index is 4.49. The summed E-state index contributed by atoms with van der Waals surface area (Å²) in [6.45, 7) is 6.71. The van der Waals surface area contributed by atoms with Gasteiger partial charge in [-0.15, -0.1) is 0 Å². The Morgan fingerprint density at radius 1 is 1.13 bits per heavy atom. The summed E-state index contributed by atoms with van der Waals surface area (Å²) >= 11 is 0. The molecule has 0 spiro atoms. The molecule has 0 amide bonds. The van der Waals surface area contributed by atoms with Crippen molar-refractivity contribution in [1.82, 2.24) is 19.7 Å². The van der Waals surface area contributed by atoms with E-state index in [2.05, 4.69) is 56.9 Å². The predicted molar refractivity (Wildman–Crippen MR) is 93.1 cm³/mol. The van der Waals surface area contributed by atoms with Gasteiger partial charge >= 0.3 is 0 Å². The molecule has 0 bridgehead atoms. The lowest BCUT2D eigenvalue weighted by molar-refractivity contribution is 0.175. The summed E-state index contributed by atoms with van der Waals surface area (Å²) in [5.41, 5.74) is 1.42. The summed E-state index contributed by atoms with van der Waals surface area (Å²) < 4.78 is 2.11. The summed E-state index contributed by atoms with van der Waals surface area (Å²) in [6, 6.07) is 10.8.